The average molecular weight is 329 g/mol. The van der Waals surface area contributed by atoms with Gasteiger partial charge < -0.3 is 10.6 Å². The number of carbonyl (C=O) groups is 1. The molecule has 1 saturated carbocycles. The van der Waals surface area contributed by atoms with Crippen molar-refractivity contribution in [2.75, 3.05) is 0 Å². The topological polar surface area (TPSA) is 59.2 Å². The van der Waals surface area contributed by atoms with Crippen LogP contribution in [0.4, 0.5) is 0 Å². The van der Waals surface area contributed by atoms with Crippen LogP contribution in [0.2, 0.25) is 0 Å². The van der Waals surface area contributed by atoms with Gasteiger partial charge in [-0.1, -0.05) is 6.07 Å². The molecule has 2 N–H and O–H groups in total. The average Bonchev–Trinajstić information content (AvgIpc) is 3.15. The summed E-state index contributed by atoms with van der Waals surface area (Å²) < 4.78 is 0. The van der Waals surface area contributed by atoms with E-state index in [2.05, 4.69) is 24.0 Å². The summed E-state index contributed by atoms with van der Waals surface area (Å²) in [6, 6.07) is 10.2. The Bertz CT molecular complexity index is 655. The van der Waals surface area contributed by atoms with E-state index in [0.717, 1.165) is 25.0 Å². The second-order valence-corrected chi connectivity index (χ2v) is 7.67. The van der Waals surface area contributed by atoms with Gasteiger partial charge in [-0.05, 0) is 50.5 Å². The lowest BCUT2D eigenvalue weighted by molar-refractivity contribution is -0.136. The van der Waals surface area contributed by atoms with E-state index in [4.69, 9.17) is 5.73 Å². The van der Waals surface area contributed by atoms with E-state index in [-0.39, 0.29) is 17.9 Å². The number of thiophene rings is 1. The highest BCUT2D eigenvalue weighted by atomic mass is 32.1. The molecular weight excluding hydrogens is 306 g/mol. The molecule has 0 aliphatic heterocycles. The van der Waals surface area contributed by atoms with Gasteiger partial charge in [0.15, 0.2) is 0 Å². The van der Waals surface area contributed by atoms with Crippen LogP contribution in [0.1, 0.15) is 34.7 Å². The molecule has 2 atom stereocenters. The van der Waals surface area contributed by atoms with Gasteiger partial charge >= 0.3 is 0 Å². The number of amides is 1. The van der Waals surface area contributed by atoms with E-state index in [1.165, 1.54) is 9.75 Å². The molecule has 0 spiro atoms. The Labute approximate surface area is 141 Å². The highest BCUT2D eigenvalue weighted by Gasteiger charge is 2.31. The molecule has 122 valence electrons. The molecule has 1 aliphatic rings. The molecule has 2 aromatic rings. The molecule has 4 nitrogen and oxygen atoms in total. The number of nitrogens with zero attached hydrogens (tertiary/aromatic N) is 2. The van der Waals surface area contributed by atoms with Crippen LogP contribution in [0.25, 0.3) is 0 Å². The third-order valence-corrected chi connectivity index (χ3v) is 5.34. The summed E-state index contributed by atoms with van der Waals surface area (Å²) in [5.74, 6) is 0.282. The highest BCUT2D eigenvalue weighted by Crippen LogP contribution is 2.28. The summed E-state index contributed by atoms with van der Waals surface area (Å²) in [5.41, 5.74) is 6.92. The number of aryl methyl sites for hydroxylation is 1. The van der Waals surface area contributed by atoms with Crippen molar-refractivity contribution >= 4 is 17.2 Å². The molecule has 2 aromatic heterocycles. The molecule has 0 radical (unpaired) electrons. The van der Waals surface area contributed by atoms with Gasteiger partial charge in [-0.25, -0.2) is 0 Å². The first-order valence-electron chi connectivity index (χ1n) is 8.11. The molecule has 3 rings (SSSR count). The van der Waals surface area contributed by atoms with E-state index in [1.807, 2.05) is 23.1 Å². The summed E-state index contributed by atoms with van der Waals surface area (Å²) in [4.78, 5) is 21.8. The third kappa shape index (κ3) is 4.18. The first kappa shape index (κ1) is 16.1. The second-order valence-electron chi connectivity index (χ2n) is 6.30. The summed E-state index contributed by atoms with van der Waals surface area (Å²) in [6.07, 6.45) is 4.44. The molecular formula is C18H23N3OS. The zero-order valence-corrected chi connectivity index (χ0v) is 14.3. The quantitative estimate of drug-likeness (QED) is 0.917. The van der Waals surface area contributed by atoms with Crippen molar-refractivity contribution in [1.29, 1.82) is 0 Å². The number of carbonyl (C=O) groups excluding carboxylic acids is 1. The molecule has 0 saturated heterocycles. The Morgan fingerprint density at radius 1 is 1.30 bits per heavy atom. The van der Waals surface area contributed by atoms with Gasteiger partial charge in [-0.2, -0.15) is 0 Å². The number of aromatic nitrogens is 1. The largest absolute Gasteiger partial charge is 0.331 e. The molecule has 5 heteroatoms. The van der Waals surface area contributed by atoms with Crippen molar-refractivity contribution in [2.24, 2.45) is 11.7 Å². The summed E-state index contributed by atoms with van der Waals surface area (Å²) in [6.45, 7) is 3.30. The Morgan fingerprint density at radius 3 is 2.78 bits per heavy atom. The van der Waals surface area contributed by atoms with Crippen molar-refractivity contribution in [1.82, 2.24) is 9.88 Å². The standard InChI is InChI=1S/C18H23N3OS/c1-13-5-8-17(23-13)12-21(11-16-4-2-3-9-20-16)18(22)14-6-7-15(19)10-14/h2-5,8-9,14-15H,6-7,10-12,19H2,1H3/t14-,15+/m0/s1. The third-order valence-electron chi connectivity index (χ3n) is 4.36. The monoisotopic (exact) mass is 329 g/mol. The van der Waals surface area contributed by atoms with E-state index in [9.17, 15) is 4.79 Å². The van der Waals surface area contributed by atoms with Gasteiger partial charge in [-0.3, -0.25) is 9.78 Å². The maximum Gasteiger partial charge on any atom is 0.226 e. The number of rotatable bonds is 5. The number of nitrogens with two attached hydrogens (primary N) is 1. The molecule has 0 bridgehead atoms. The van der Waals surface area contributed by atoms with Crippen LogP contribution in [-0.4, -0.2) is 21.8 Å². The van der Waals surface area contributed by atoms with Crippen LogP contribution in [0.15, 0.2) is 36.5 Å². The Hall–Kier alpha value is -1.72. The summed E-state index contributed by atoms with van der Waals surface area (Å²) in [7, 11) is 0. The molecule has 1 fully saturated rings. The first-order valence-corrected chi connectivity index (χ1v) is 8.93. The minimum Gasteiger partial charge on any atom is -0.331 e. The predicted molar refractivity (Wildman–Crippen MR) is 92.9 cm³/mol. The summed E-state index contributed by atoms with van der Waals surface area (Å²) >= 11 is 1.75. The van der Waals surface area contributed by atoms with Gasteiger partial charge in [0.25, 0.3) is 0 Å². The van der Waals surface area contributed by atoms with Gasteiger partial charge in [0, 0.05) is 27.9 Å². The minimum atomic E-state index is 0.0646. The van der Waals surface area contributed by atoms with Crippen molar-refractivity contribution in [2.45, 2.75) is 45.3 Å². The lowest BCUT2D eigenvalue weighted by Gasteiger charge is -2.25. The van der Waals surface area contributed by atoms with Gasteiger partial charge in [0.1, 0.15) is 0 Å². The van der Waals surface area contributed by atoms with Gasteiger partial charge in [0.2, 0.25) is 5.91 Å². The molecule has 0 unspecified atom stereocenters. The molecule has 23 heavy (non-hydrogen) atoms. The molecule has 2 heterocycles. The van der Waals surface area contributed by atoms with Crippen LogP contribution in [0.3, 0.4) is 0 Å². The number of pyridine rings is 1. The predicted octanol–water partition coefficient (Wildman–Crippen LogP) is 3.11. The lowest BCUT2D eigenvalue weighted by Crippen LogP contribution is -2.35. The van der Waals surface area contributed by atoms with Crippen LogP contribution in [-0.2, 0) is 17.9 Å². The zero-order chi connectivity index (χ0) is 16.2. The van der Waals surface area contributed by atoms with Crippen molar-refractivity contribution < 1.29 is 4.79 Å². The minimum absolute atomic E-state index is 0.0646. The smallest absolute Gasteiger partial charge is 0.226 e. The maximum atomic E-state index is 13.0. The fourth-order valence-electron chi connectivity index (χ4n) is 3.16. The fraction of sp³-hybridized carbons (Fsp3) is 0.444. The van der Waals surface area contributed by atoms with Gasteiger partial charge in [-0.15, -0.1) is 11.3 Å². The van der Waals surface area contributed by atoms with Gasteiger partial charge in [0.05, 0.1) is 18.8 Å². The fourth-order valence-corrected chi connectivity index (χ4v) is 4.06. The van der Waals surface area contributed by atoms with E-state index < -0.39 is 0 Å². The van der Waals surface area contributed by atoms with Crippen molar-refractivity contribution in [3.05, 3.63) is 52.0 Å². The molecule has 1 amide bonds. The second kappa shape index (κ2) is 7.23. The Kier molecular flexibility index (Phi) is 5.08. The normalized spacial score (nSPS) is 20.6. The number of hydrogen-bond donors (Lipinski definition) is 1. The zero-order valence-electron chi connectivity index (χ0n) is 13.4. The van der Waals surface area contributed by atoms with E-state index in [0.29, 0.717) is 13.1 Å². The van der Waals surface area contributed by atoms with E-state index >= 15 is 0 Å². The maximum absolute atomic E-state index is 13.0. The van der Waals surface area contributed by atoms with Crippen LogP contribution >= 0.6 is 11.3 Å². The van der Waals surface area contributed by atoms with E-state index in [1.54, 1.807) is 17.5 Å². The summed E-state index contributed by atoms with van der Waals surface area (Å²) in [5, 5.41) is 0. The van der Waals surface area contributed by atoms with Crippen LogP contribution in [0, 0.1) is 12.8 Å². The number of hydrogen-bond acceptors (Lipinski definition) is 4. The first-order chi connectivity index (χ1) is 11.1. The SMILES string of the molecule is Cc1ccc(CN(Cc2ccccn2)C(=O)[C@H]2CC[C@@H](N)C2)s1. The molecule has 1 aliphatic carbocycles. The van der Waals surface area contributed by atoms with Crippen molar-refractivity contribution in [3.8, 4) is 0 Å². The Morgan fingerprint density at radius 2 is 2.17 bits per heavy atom. The Balaban J connectivity index is 1.76. The lowest BCUT2D eigenvalue weighted by atomic mass is 10.1. The molecule has 0 aromatic carbocycles. The van der Waals surface area contributed by atoms with Crippen LogP contribution in [0.5, 0.6) is 0 Å². The van der Waals surface area contributed by atoms with Crippen LogP contribution < -0.4 is 5.73 Å². The van der Waals surface area contributed by atoms with Crippen molar-refractivity contribution in [3.63, 3.8) is 0 Å². The highest BCUT2D eigenvalue weighted by molar-refractivity contribution is 7.11.